The highest BCUT2D eigenvalue weighted by molar-refractivity contribution is 5.98. The zero-order valence-electron chi connectivity index (χ0n) is 19.3. The first-order valence-electron chi connectivity index (χ1n) is 11.1. The number of ether oxygens (including phenoxy) is 2. The van der Waals surface area contributed by atoms with Gasteiger partial charge in [0.05, 0.1) is 14.2 Å². The van der Waals surface area contributed by atoms with Crippen LogP contribution in [0, 0.1) is 5.92 Å². The Morgan fingerprint density at radius 1 is 0.969 bits per heavy atom. The average molecular weight is 440 g/mol. The van der Waals surface area contributed by atoms with E-state index in [1.54, 1.807) is 18.2 Å². The number of carbonyl (C=O) groups is 2. The molecular formula is C25H33N3O4. The molecule has 1 aliphatic heterocycles. The highest BCUT2D eigenvalue weighted by Crippen LogP contribution is 2.23. The largest absolute Gasteiger partial charge is 0.497 e. The Kier molecular flexibility index (Phi) is 7.98. The predicted octanol–water partition coefficient (Wildman–Crippen LogP) is 3.37. The van der Waals surface area contributed by atoms with Crippen molar-refractivity contribution in [3.05, 3.63) is 53.6 Å². The minimum absolute atomic E-state index is 0.0796. The van der Waals surface area contributed by atoms with Crippen molar-refractivity contribution in [1.82, 2.24) is 10.6 Å². The maximum absolute atomic E-state index is 12.9. The molecule has 3 rings (SSSR count). The van der Waals surface area contributed by atoms with Crippen LogP contribution in [0.15, 0.2) is 42.5 Å². The van der Waals surface area contributed by atoms with Crippen molar-refractivity contribution < 1.29 is 19.1 Å². The van der Waals surface area contributed by atoms with Gasteiger partial charge in [0.25, 0.3) is 5.91 Å². The summed E-state index contributed by atoms with van der Waals surface area (Å²) in [4.78, 5) is 28.1. The Bertz CT molecular complexity index is 899. The summed E-state index contributed by atoms with van der Waals surface area (Å²) in [6.45, 7) is 6.42. The van der Waals surface area contributed by atoms with E-state index in [4.69, 9.17) is 9.47 Å². The Hall–Kier alpha value is -3.22. The quantitative estimate of drug-likeness (QED) is 0.626. The van der Waals surface area contributed by atoms with Crippen molar-refractivity contribution in [2.75, 3.05) is 32.2 Å². The fraction of sp³-hybridized carbons (Fsp3) is 0.440. The molecule has 2 aromatic rings. The van der Waals surface area contributed by atoms with Crippen LogP contribution in [0.3, 0.4) is 0 Å². The van der Waals surface area contributed by atoms with Crippen LogP contribution < -0.4 is 25.0 Å². The van der Waals surface area contributed by atoms with Crippen molar-refractivity contribution in [2.24, 2.45) is 5.92 Å². The second kappa shape index (κ2) is 10.9. The van der Waals surface area contributed by atoms with Crippen molar-refractivity contribution in [1.29, 1.82) is 0 Å². The lowest BCUT2D eigenvalue weighted by molar-refractivity contribution is -0.124. The van der Waals surface area contributed by atoms with E-state index in [0.717, 1.165) is 18.7 Å². The van der Waals surface area contributed by atoms with Crippen molar-refractivity contribution >= 4 is 17.5 Å². The lowest BCUT2D eigenvalue weighted by Gasteiger charge is -2.22. The minimum Gasteiger partial charge on any atom is -0.497 e. The van der Waals surface area contributed by atoms with Gasteiger partial charge in [-0.2, -0.15) is 0 Å². The third-order valence-corrected chi connectivity index (χ3v) is 5.72. The monoisotopic (exact) mass is 439 g/mol. The molecule has 7 heteroatoms. The molecule has 0 aromatic heterocycles. The molecular weight excluding hydrogens is 406 g/mol. The minimum atomic E-state index is -0.663. The molecule has 0 bridgehead atoms. The van der Waals surface area contributed by atoms with Crippen LogP contribution in [0.2, 0.25) is 0 Å². The smallest absolute Gasteiger partial charge is 0.252 e. The van der Waals surface area contributed by atoms with Crippen LogP contribution in [0.1, 0.15) is 42.6 Å². The van der Waals surface area contributed by atoms with Crippen molar-refractivity contribution in [2.45, 2.75) is 39.3 Å². The van der Waals surface area contributed by atoms with Crippen LogP contribution in [-0.2, 0) is 11.3 Å². The lowest BCUT2D eigenvalue weighted by Crippen LogP contribution is -2.49. The highest BCUT2D eigenvalue weighted by atomic mass is 16.5. The van der Waals surface area contributed by atoms with Gasteiger partial charge in [0.15, 0.2) is 0 Å². The van der Waals surface area contributed by atoms with Crippen molar-refractivity contribution in [3.8, 4) is 11.5 Å². The van der Waals surface area contributed by atoms with E-state index >= 15 is 0 Å². The number of methoxy groups -OCH3 is 2. The third-order valence-electron chi connectivity index (χ3n) is 5.72. The number of benzene rings is 2. The molecule has 0 radical (unpaired) electrons. The van der Waals surface area contributed by atoms with Crippen molar-refractivity contribution in [3.63, 3.8) is 0 Å². The van der Waals surface area contributed by atoms with Gasteiger partial charge in [-0.1, -0.05) is 26.0 Å². The van der Waals surface area contributed by atoms with Gasteiger partial charge in [-0.05, 0) is 48.6 Å². The molecule has 1 saturated heterocycles. The first-order valence-corrected chi connectivity index (χ1v) is 11.1. The molecule has 7 nitrogen and oxygen atoms in total. The first-order chi connectivity index (χ1) is 15.4. The summed E-state index contributed by atoms with van der Waals surface area (Å²) in [5.41, 5.74) is 2.61. The number of hydrogen-bond acceptors (Lipinski definition) is 5. The molecule has 2 aromatic carbocycles. The van der Waals surface area contributed by atoms with E-state index < -0.39 is 6.04 Å². The summed E-state index contributed by atoms with van der Waals surface area (Å²) in [6, 6.07) is 12.6. The van der Waals surface area contributed by atoms with E-state index in [-0.39, 0.29) is 17.7 Å². The van der Waals surface area contributed by atoms with Gasteiger partial charge in [0.1, 0.15) is 17.5 Å². The second-order valence-corrected chi connectivity index (χ2v) is 8.37. The molecule has 1 unspecified atom stereocenters. The fourth-order valence-corrected chi connectivity index (χ4v) is 3.80. The molecule has 172 valence electrons. The lowest BCUT2D eigenvalue weighted by atomic mass is 10.0. The maximum Gasteiger partial charge on any atom is 0.252 e. The Balaban J connectivity index is 1.61. The van der Waals surface area contributed by atoms with Gasteiger partial charge in [-0.3, -0.25) is 9.59 Å². The number of hydrogen-bond donors (Lipinski definition) is 2. The normalized spacial score (nSPS) is 14.2. The zero-order valence-corrected chi connectivity index (χ0v) is 19.3. The molecule has 32 heavy (non-hydrogen) atoms. The SMILES string of the molecule is COc1cc(OC)cc(C(=O)NC(C(=O)NCc2ccc(N3CCCC3)cc2)C(C)C)c1. The molecule has 1 fully saturated rings. The standard InChI is InChI=1S/C25H33N3O4/c1-17(2)23(27-24(29)19-13-21(31-3)15-22(14-19)32-4)25(30)26-16-18-7-9-20(10-8-18)28-11-5-6-12-28/h7-10,13-15,17,23H,5-6,11-12,16H2,1-4H3,(H,26,30)(H,27,29). The Morgan fingerprint density at radius 3 is 2.09 bits per heavy atom. The number of nitrogens with zero attached hydrogens (tertiary/aromatic N) is 1. The van der Waals surface area contributed by atoms with Crippen LogP contribution in [0.25, 0.3) is 0 Å². The number of amides is 2. The molecule has 1 atom stereocenters. The van der Waals surface area contributed by atoms with Gasteiger partial charge in [0.2, 0.25) is 5.91 Å². The molecule has 0 spiro atoms. The summed E-state index contributed by atoms with van der Waals surface area (Å²) in [6.07, 6.45) is 2.48. The van der Waals surface area contributed by atoms with E-state index in [1.165, 1.54) is 32.7 Å². The maximum atomic E-state index is 12.9. The second-order valence-electron chi connectivity index (χ2n) is 8.37. The van der Waals surface area contributed by atoms with Gasteiger partial charge < -0.3 is 25.0 Å². The van der Waals surface area contributed by atoms with Gasteiger partial charge in [0, 0.05) is 37.0 Å². The van der Waals surface area contributed by atoms with Crippen LogP contribution in [0.4, 0.5) is 5.69 Å². The molecule has 2 N–H and O–H groups in total. The average Bonchev–Trinajstić information content (AvgIpc) is 3.35. The summed E-state index contributed by atoms with van der Waals surface area (Å²) in [5.74, 6) is 0.372. The zero-order chi connectivity index (χ0) is 23.1. The van der Waals surface area contributed by atoms with Gasteiger partial charge >= 0.3 is 0 Å². The topological polar surface area (TPSA) is 79.9 Å². The Morgan fingerprint density at radius 2 is 1.56 bits per heavy atom. The predicted molar refractivity (Wildman–Crippen MR) is 125 cm³/mol. The first kappa shape index (κ1) is 23.4. The van der Waals surface area contributed by atoms with Crippen LogP contribution >= 0.6 is 0 Å². The molecule has 1 heterocycles. The fourth-order valence-electron chi connectivity index (χ4n) is 3.80. The number of carbonyl (C=O) groups excluding carboxylic acids is 2. The van der Waals surface area contributed by atoms with Crippen LogP contribution in [0.5, 0.6) is 11.5 Å². The van der Waals surface area contributed by atoms with E-state index in [9.17, 15) is 9.59 Å². The molecule has 2 amide bonds. The summed E-state index contributed by atoms with van der Waals surface area (Å²) in [5, 5.41) is 5.80. The van der Waals surface area contributed by atoms with E-state index in [0.29, 0.717) is 23.6 Å². The highest BCUT2D eigenvalue weighted by Gasteiger charge is 2.25. The molecule has 1 aliphatic rings. The number of anilines is 1. The summed E-state index contributed by atoms with van der Waals surface area (Å²) < 4.78 is 10.5. The van der Waals surface area contributed by atoms with Gasteiger partial charge in [-0.25, -0.2) is 0 Å². The van der Waals surface area contributed by atoms with E-state index in [1.807, 2.05) is 26.0 Å². The van der Waals surface area contributed by atoms with Gasteiger partial charge in [-0.15, -0.1) is 0 Å². The Labute approximate surface area is 190 Å². The molecule has 0 saturated carbocycles. The third kappa shape index (κ3) is 5.93. The van der Waals surface area contributed by atoms with Crippen LogP contribution in [-0.4, -0.2) is 45.2 Å². The summed E-state index contributed by atoms with van der Waals surface area (Å²) >= 11 is 0. The molecule has 0 aliphatic carbocycles. The number of nitrogens with one attached hydrogen (secondary N) is 2. The summed E-state index contributed by atoms with van der Waals surface area (Å²) in [7, 11) is 3.05. The number of rotatable bonds is 9. The van der Waals surface area contributed by atoms with E-state index in [2.05, 4.69) is 27.7 Å².